The molecule has 1 spiro atoms. The molecule has 0 aromatic heterocycles. The van der Waals surface area contributed by atoms with Crippen LogP contribution in [0.4, 0.5) is 0 Å². The molecule has 1 saturated heterocycles. The molecule has 0 amide bonds. The summed E-state index contributed by atoms with van der Waals surface area (Å²) in [6.07, 6.45) is 0.640. The lowest BCUT2D eigenvalue weighted by molar-refractivity contribution is -0.179. The van der Waals surface area contributed by atoms with Crippen molar-refractivity contribution in [2.45, 2.75) is 93.7 Å². The molecule has 3 aliphatic heterocycles. The molecule has 15 nitrogen and oxygen atoms in total. The van der Waals surface area contributed by atoms with Gasteiger partial charge in [0, 0.05) is 6.54 Å². The van der Waals surface area contributed by atoms with Gasteiger partial charge < -0.3 is 49.2 Å². The predicted octanol–water partition coefficient (Wildman–Crippen LogP) is 1.10. The molecule has 0 saturated carbocycles. The largest absolute Gasteiger partial charge is 0.497 e. The van der Waals surface area contributed by atoms with Crippen molar-refractivity contribution >= 4 is 23.9 Å². The fourth-order valence-electron chi connectivity index (χ4n) is 6.66. The average Bonchev–Trinajstić information content (AvgIpc) is 3.69. The Balaban J connectivity index is 0.000000488. The maximum absolute atomic E-state index is 13.7. The molecular formula is C32H43NO14. The van der Waals surface area contributed by atoms with Gasteiger partial charge in [0.2, 0.25) is 6.79 Å². The molecule has 5 rings (SSSR count). The normalized spacial score (nSPS) is 24.5. The lowest BCUT2D eigenvalue weighted by atomic mass is 9.77. The van der Waals surface area contributed by atoms with E-state index in [1.54, 1.807) is 21.0 Å². The van der Waals surface area contributed by atoms with Crippen molar-refractivity contribution in [1.82, 2.24) is 4.90 Å². The number of aliphatic hydroxyl groups excluding tert-OH is 1. The van der Waals surface area contributed by atoms with Crippen molar-refractivity contribution in [1.29, 1.82) is 0 Å². The summed E-state index contributed by atoms with van der Waals surface area (Å²) in [5, 5.41) is 45.8. The number of fused-ring (bicyclic) bond motifs is 3. The van der Waals surface area contributed by atoms with Crippen molar-refractivity contribution in [3.05, 3.63) is 35.1 Å². The summed E-state index contributed by atoms with van der Waals surface area (Å²) in [6.45, 7) is 5.04. The summed E-state index contributed by atoms with van der Waals surface area (Å²) < 4.78 is 28.0. The Morgan fingerprint density at radius 3 is 2.32 bits per heavy atom. The molecule has 15 heteroatoms. The Morgan fingerprint density at radius 2 is 1.74 bits per heavy atom. The highest BCUT2D eigenvalue weighted by atomic mass is 16.7. The number of esters is 2. The number of hydrogen-bond donors (Lipinski definition) is 5. The van der Waals surface area contributed by atoms with Gasteiger partial charge in [-0.15, -0.1) is 0 Å². The standard InChI is InChI=1S/C28H37NO9.C4H6O5/c1-26(2,32)8-9-28(33,15-22(30)35-4)25(31)38-24-21(34-3)14-27-7-5-10-29(27)11-6-17-12-19-20(37-16-36-19)13-18(17)23(24)27;5-2(4(8)9)1-3(6)7/h12-14,23-24,32-33H,5-11,15-16H2,1-4H3;2,5H,1H2,(H,6,7)(H,8,9)/t23-,24-,27+,28-;2-/m11/s1. The van der Waals surface area contributed by atoms with E-state index in [0.29, 0.717) is 17.3 Å². The van der Waals surface area contributed by atoms with E-state index >= 15 is 0 Å². The van der Waals surface area contributed by atoms with E-state index in [9.17, 15) is 29.4 Å². The summed E-state index contributed by atoms with van der Waals surface area (Å²) in [4.78, 5) is 47.7. The van der Waals surface area contributed by atoms with E-state index < -0.39 is 65.7 Å². The summed E-state index contributed by atoms with van der Waals surface area (Å²) in [6, 6.07) is 3.99. The zero-order valence-electron chi connectivity index (χ0n) is 26.9. The van der Waals surface area contributed by atoms with Crippen LogP contribution in [0.3, 0.4) is 0 Å². The number of methoxy groups -OCH3 is 2. The number of carbonyl (C=O) groups excluding carboxylic acids is 2. The second-order valence-corrected chi connectivity index (χ2v) is 12.8. The molecule has 1 fully saturated rings. The molecule has 1 aliphatic carbocycles. The van der Waals surface area contributed by atoms with E-state index in [1.165, 1.54) is 7.11 Å². The van der Waals surface area contributed by atoms with Gasteiger partial charge in [0.25, 0.3) is 0 Å². The average molecular weight is 666 g/mol. The van der Waals surface area contributed by atoms with E-state index in [0.717, 1.165) is 43.5 Å². The minimum Gasteiger partial charge on any atom is -0.497 e. The number of carbonyl (C=O) groups is 4. The van der Waals surface area contributed by atoms with Gasteiger partial charge in [-0.25, -0.2) is 9.59 Å². The van der Waals surface area contributed by atoms with Crippen molar-refractivity contribution in [2.24, 2.45) is 0 Å². The smallest absolute Gasteiger partial charge is 0.339 e. The molecule has 4 aliphatic rings. The number of ether oxygens (including phenoxy) is 5. The van der Waals surface area contributed by atoms with Gasteiger partial charge in [0.05, 0.1) is 44.1 Å². The fourth-order valence-corrected chi connectivity index (χ4v) is 6.66. The first-order valence-corrected chi connectivity index (χ1v) is 15.3. The Labute approximate surface area is 271 Å². The minimum atomic E-state index is -2.18. The van der Waals surface area contributed by atoms with Crippen molar-refractivity contribution in [3.63, 3.8) is 0 Å². The minimum absolute atomic E-state index is 0.0701. The first kappa shape index (κ1) is 35.9. The number of carboxylic acids is 2. The molecule has 260 valence electrons. The highest BCUT2D eigenvalue weighted by Crippen LogP contribution is 2.55. The van der Waals surface area contributed by atoms with Crippen LogP contribution >= 0.6 is 0 Å². The highest BCUT2D eigenvalue weighted by molar-refractivity contribution is 5.86. The summed E-state index contributed by atoms with van der Waals surface area (Å²) in [5.41, 5.74) is -1.69. The summed E-state index contributed by atoms with van der Waals surface area (Å²) in [7, 11) is 2.74. The predicted molar refractivity (Wildman–Crippen MR) is 161 cm³/mol. The maximum Gasteiger partial charge on any atom is 0.339 e. The van der Waals surface area contributed by atoms with Crippen LogP contribution in [0.15, 0.2) is 24.0 Å². The van der Waals surface area contributed by atoms with Gasteiger partial charge in [0.15, 0.2) is 29.3 Å². The molecule has 1 aromatic carbocycles. The maximum atomic E-state index is 13.7. The van der Waals surface area contributed by atoms with Gasteiger partial charge >= 0.3 is 23.9 Å². The van der Waals surface area contributed by atoms with Crippen LogP contribution in [0.25, 0.3) is 0 Å². The molecule has 3 heterocycles. The van der Waals surface area contributed by atoms with E-state index in [4.69, 9.17) is 39.0 Å². The van der Waals surface area contributed by atoms with Crippen LogP contribution in [0.2, 0.25) is 0 Å². The monoisotopic (exact) mass is 665 g/mol. The lowest BCUT2D eigenvalue weighted by Crippen LogP contribution is -2.49. The Bertz CT molecular complexity index is 1400. The second kappa shape index (κ2) is 14.1. The molecule has 0 unspecified atom stereocenters. The summed E-state index contributed by atoms with van der Waals surface area (Å²) >= 11 is 0. The number of carboxylic acid groups (broad SMARTS) is 2. The van der Waals surface area contributed by atoms with E-state index in [-0.39, 0.29) is 25.6 Å². The van der Waals surface area contributed by atoms with Gasteiger partial charge in [-0.05, 0) is 81.8 Å². The Kier molecular flexibility index (Phi) is 10.7. The zero-order valence-corrected chi connectivity index (χ0v) is 26.9. The molecule has 47 heavy (non-hydrogen) atoms. The molecule has 0 radical (unpaired) electrons. The first-order chi connectivity index (χ1) is 22.0. The quantitative estimate of drug-likeness (QED) is 0.209. The van der Waals surface area contributed by atoms with Crippen LogP contribution in [0, 0.1) is 0 Å². The van der Waals surface area contributed by atoms with Crippen molar-refractivity contribution < 1.29 is 68.4 Å². The highest BCUT2D eigenvalue weighted by Gasteiger charge is 2.59. The van der Waals surface area contributed by atoms with Gasteiger partial charge in [-0.3, -0.25) is 14.5 Å². The number of rotatable bonds is 11. The molecule has 5 N–H and O–H groups in total. The van der Waals surface area contributed by atoms with E-state index in [2.05, 4.69) is 11.0 Å². The van der Waals surface area contributed by atoms with Gasteiger partial charge in [-0.1, -0.05) is 0 Å². The number of nitrogens with zero attached hydrogens (tertiary/aromatic N) is 1. The lowest BCUT2D eigenvalue weighted by Gasteiger charge is -2.39. The second-order valence-electron chi connectivity index (χ2n) is 12.8. The molecule has 5 atom stereocenters. The molecular weight excluding hydrogens is 622 g/mol. The number of benzene rings is 1. The van der Waals surface area contributed by atoms with Crippen LogP contribution in [-0.4, -0.2) is 117 Å². The fraction of sp³-hybridized carbons (Fsp3) is 0.625. The van der Waals surface area contributed by atoms with Crippen molar-refractivity contribution in [3.8, 4) is 11.5 Å². The van der Waals surface area contributed by atoms with Gasteiger partial charge in [0.1, 0.15) is 5.76 Å². The van der Waals surface area contributed by atoms with Crippen LogP contribution in [0.1, 0.15) is 69.4 Å². The third kappa shape index (κ3) is 7.80. The summed E-state index contributed by atoms with van der Waals surface area (Å²) in [5.74, 6) is -3.01. The van der Waals surface area contributed by atoms with E-state index in [1.807, 2.05) is 12.1 Å². The van der Waals surface area contributed by atoms with Crippen molar-refractivity contribution in [2.75, 3.05) is 34.1 Å². The van der Waals surface area contributed by atoms with Gasteiger partial charge in [-0.2, -0.15) is 0 Å². The van der Waals surface area contributed by atoms with Crippen LogP contribution in [0.5, 0.6) is 11.5 Å². The Hall–Kier alpha value is -3.92. The zero-order chi connectivity index (χ0) is 34.7. The SMILES string of the molecule is COC(=O)C[C@](O)(CCC(C)(C)O)C(=O)O[C@@H]1C(OC)=C[C@]23CCCN2CCc2cc4c(cc2[C@H]13)OCO4.O=C(O)C[C@@H](O)C(=O)O. The number of aliphatic hydroxyl groups is 3. The van der Waals surface area contributed by atoms with Crippen LogP contribution in [-0.2, 0) is 39.8 Å². The first-order valence-electron chi connectivity index (χ1n) is 15.3. The topological polar surface area (TPSA) is 219 Å². The third-order valence-electron chi connectivity index (χ3n) is 9.05. The molecule has 1 aromatic rings. The number of hydrogen-bond acceptors (Lipinski definition) is 13. The number of aliphatic carboxylic acids is 2. The third-order valence-corrected chi connectivity index (χ3v) is 9.05. The Morgan fingerprint density at radius 1 is 1.06 bits per heavy atom. The van der Waals surface area contributed by atoms with Crippen LogP contribution < -0.4 is 9.47 Å². The molecule has 0 bridgehead atoms.